The number of hydrogen-bond acceptors (Lipinski definition) is 5. The van der Waals surface area contributed by atoms with Crippen molar-refractivity contribution >= 4 is 11.9 Å². The SMILES string of the molecule is Cc1cccc(CN2CCC(C#N)(NC(=O)C(CC3CCCCC3)NC(=O)N3CCOCC3)C2)c1. The van der Waals surface area contributed by atoms with Crippen LogP contribution in [0, 0.1) is 24.2 Å². The molecule has 1 saturated carbocycles. The number of nitriles is 1. The second kappa shape index (κ2) is 11.9. The molecule has 2 aliphatic heterocycles. The van der Waals surface area contributed by atoms with E-state index in [1.54, 1.807) is 4.90 Å². The summed E-state index contributed by atoms with van der Waals surface area (Å²) in [7, 11) is 0. The fourth-order valence-corrected chi connectivity index (χ4v) is 5.63. The maximum absolute atomic E-state index is 13.5. The monoisotopic (exact) mass is 481 g/mol. The van der Waals surface area contributed by atoms with E-state index in [9.17, 15) is 14.9 Å². The number of carbonyl (C=O) groups excluding carboxylic acids is 2. The van der Waals surface area contributed by atoms with E-state index in [0.717, 1.165) is 25.9 Å². The van der Waals surface area contributed by atoms with Crippen LogP contribution in [0.5, 0.6) is 0 Å². The number of urea groups is 1. The van der Waals surface area contributed by atoms with Gasteiger partial charge in [-0.25, -0.2) is 4.79 Å². The quantitative estimate of drug-likeness (QED) is 0.624. The minimum atomic E-state index is -0.935. The molecular formula is C27H39N5O3. The number of nitrogens with zero attached hydrogens (tertiary/aromatic N) is 3. The van der Waals surface area contributed by atoms with Crippen LogP contribution < -0.4 is 10.6 Å². The Labute approximate surface area is 209 Å². The van der Waals surface area contributed by atoms with E-state index in [1.165, 1.54) is 30.4 Å². The van der Waals surface area contributed by atoms with Crippen molar-refractivity contribution in [3.05, 3.63) is 35.4 Å². The molecule has 2 heterocycles. The summed E-state index contributed by atoms with van der Waals surface area (Å²) < 4.78 is 5.36. The third kappa shape index (κ3) is 6.96. The van der Waals surface area contributed by atoms with Crippen molar-refractivity contribution < 1.29 is 14.3 Å². The Balaban J connectivity index is 1.40. The molecule has 2 atom stereocenters. The van der Waals surface area contributed by atoms with E-state index in [1.807, 2.05) is 6.07 Å². The topological polar surface area (TPSA) is 97.7 Å². The van der Waals surface area contributed by atoms with Gasteiger partial charge in [-0.05, 0) is 31.2 Å². The van der Waals surface area contributed by atoms with Crippen LogP contribution in [0.1, 0.15) is 56.1 Å². The van der Waals surface area contributed by atoms with Crippen LogP contribution in [0.15, 0.2) is 24.3 Å². The van der Waals surface area contributed by atoms with Crippen LogP contribution in [0.25, 0.3) is 0 Å². The molecule has 2 N–H and O–H groups in total. The van der Waals surface area contributed by atoms with E-state index < -0.39 is 11.6 Å². The van der Waals surface area contributed by atoms with Gasteiger partial charge >= 0.3 is 6.03 Å². The third-order valence-corrected chi connectivity index (χ3v) is 7.62. The first-order valence-electron chi connectivity index (χ1n) is 13.1. The first kappa shape index (κ1) is 25.5. The maximum Gasteiger partial charge on any atom is 0.318 e. The number of hydrogen-bond donors (Lipinski definition) is 2. The molecule has 2 saturated heterocycles. The van der Waals surface area contributed by atoms with Gasteiger partial charge in [0.25, 0.3) is 0 Å². The maximum atomic E-state index is 13.5. The largest absolute Gasteiger partial charge is 0.378 e. The molecule has 1 aromatic carbocycles. The lowest BCUT2D eigenvalue weighted by Crippen LogP contribution is -2.58. The van der Waals surface area contributed by atoms with Gasteiger partial charge in [-0.15, -0.1) is 0 Å². The number of rotatable bonds is 7. The number of likely N-dealkylation sites (tertiary alicyclic amines) is 1. The summed E-state index contributed by atoms with van der Waals surface area (Å²) in [5.41, 5.74) is 1.48. The lowest BCUT2D eigenvalue weighted by molar-refractivity contribution is -0.124. The number of carbonyl (C=O) groups is 2. The van der Waals surface area contributed by atoms with Gasteiger partial charge in [0.2, 0.25) is 5.91 Å². The normalized spacial score (nSPS) is 24.5. The molecule has 8 nitrogen and oxygen atoms in total. The number of amides is 3. The summed E-state index contributed by atoms with van der Waals surface area (Å²) in [6.07, 6.45) is 6.96. The molecule has 8 heteroatoms. The van der Waals surface area contributed by atoms with Crippen molar-refractivity contribution in [1.82, 2.24) is 20.4 Å². The molecule has 1 aromatic rings. The summed E-state index contributed by atoms with van der Waals surface area (Å²) >= 11 is 0. The smallest absolute Gasteiger partial charge is 0.318 e. The highest BCUT2D eigenvalue weighted by Gasteiger charge is 2.41. The van der Waals surface area contributed by atoms with Crippen LogP contribution in [-0.4, -0.2) is 72.7 Å². The Hall–Kier alpha value is -2.63. The molecule has 2 unspecified atom stereocenters. The average Bonchev–Trinajstić information content (AvgIpc) is 3.27. The molecule has 3 amide bonds. The number of nitrogens with one attached hydrogen (secondary N) is 2. The number of aryl methyl sites for hydroxylation is 1. The van der Waals surface area contributed by atoms with Crippen LogP contribution in [-0.2, 0) is 16.1 Å². The fraction of sp³-hybridized carbons (Fsp3) is 0.667. The molecule has 0 aromatic heterocycles. The summed E-state index contributed by atoms with van der Waals surface area (Å²) in [5, 5.41) is 16.2. The van der Waals surface area contributed by atoms with Gasteiger partial charge in [-0.1, -0.05) is 61.9 Å². The van der Waals surface area contributed by atoms with Gasteiger partial charge in [0.1, 0.15) is 11.6 Å². The summed E-state index contributed by atoms with van der Waals surface area (Å²) in [4.78, 5) is 30.4. The number of ether oxygens (including phenoxy) is 1. The minimum Gasteiger partial charge on any atom is -0.378 e. The van der Waals surface area contributed by atoms with E-state index in [2.05, 4.69) is 46.7 Å². The van der Waals surface area contributed by atoms with Crippen molar-refractivity contribution in [2.75, 3.05) is 39.4 Å². The van der Waals surface area contributed by atoms with Crippen LogP contribution in [0.4, 0.5) is 4.79 Å². The molecule has 3 fully saturated rings. The van der Waals surface area contributed by atoms with Crippen molar-refractivity contribution in [1.29, 1.82) is 5.26 Å². The van der Waals surface area contributed by atoms with Crippen molar-refractivity contribution in [3.8, 4) is 6.07 Å². The zero-order valence-corrected chi connectivity index (χ0v) is 20.9. The van der Waals surface area contributed by atoms with Crippen molar-refractivity contribution in [3.63, 3.8) is 0 Å². The first-order valence-corrected chi connectivity index (χ1v) is 13.1. The summed E-state index contributed by atoms with van der Waals surface area (Å²) in [6.45, 7) is 6.14. The Bertz CT molecular complexity index is 920. The zero-order chi connectivity index (χ0) is 24.7. The van der Waals surface area contributed by atoms with Gasteiger partial charge in [-0.2, -0.15) is 5.26 Å². The third-order valence-electron chi connectivity index (χ3n) is 7.62. The highest BCUT2D eigenvalue weighted by molar-refractivity contribution is 5.88. The Morgan fingerprint density at radius 2 is 1.97 bits per heavy atom. The number of benzene rings is 1. The second-order valence-corrected chi connectivity index (χ2v) is 10.5. The molecule has 35 heavy (non-hydrogen) atoms. The van der Waals surface area contributed by atoms with Gasteiger partial charge in [0, 0.05) is 32.7 Å². The molecule has 190 valence electrons. The lowest BCUT2D eigenvalue weighted by Gasteiger charge is -2.32. The average molecular weight is 482 g/mol. The zero-order valence-electron chi connectivity index (χ0n) is 20.9. The summed E-state index contributed by atoms with van der Waals surface area (Å²) in [6, 6.07) is 9.92. The highest BCUT2D eigenvalue weighted by atomic mass is 16.5. The van der Waals surface area contributed by atoms with Gasteiger partial charge < -0.3 is 20.3 Å². The molecule has 4 rings (SSSR count). The molecule has 0 bridgehead atoms. The predicted octanol–water partition coefficient (Wildman–Crippen LogP) is 2.96. The van der Waals surface area contributed by atoms with Crippen LogP contribution in [0.3, 0.4) is 0 Å². The standard InChI is InChI=1S/C27H39N5O3/c1-21-6-5-9-23(16-21)18-31-11-10-27(19-28,20-31)30-25(33)24(17-22-7-3-2-4-8-22)29-26(34)32-12-14-35-15-13-32/h5-6,9,16,22,24H,2-4,7-8,10-15,17-18,20H2,1H3,(H,29,34)(H,30,33). The molecular weight excluding hydrogens is 442 g/mol. The van der Waals surface area contributed by atoms with Crippen molar-refractivity contribution in [2.45, 2.75) is 70.0 Å². The molecule has 3 aliphatic rings. The summed E-state index contributed by atoms with van der Waals surface area (Å²) in [5.74, 6) is 0.181. The van der Waals surface area contributed by atoms with Crippen molar-refractivity contribution in [2.24, 2.45) is 5.92 Å². The Kier molecular flexibility index (Phi) is 8.64. The van der Waals surface area contributed by atoms with E-state index in [4.69, 9.17) is 4.74 Å². The predicted molar refractivity (Wildman–Crippen MR) is 133 cm³/mol. The van der Waals surface area contributed by atoms with E-state index in [0.29, 0.717) is 51.6 Å². The molecule has 0 radical (unpaired) electrons. The minimum absolute atomic E-state index is 0.220. The lowest BCUT2D eigenvalue weighted by atomic mass is 9.84. The van der Waals surface area contributed by atoms with Crippen LogP contribution in [0.2, 0.25) is 0 Å². The van der Waals surface area contributed by atoms with E-state index in [-0.39, 0.29) is 11.9 Å². The van der Waals surface area contributed by atoms with Gasteiger partial charge in [0.05, 0.1) is 19.3 Å². The fourth-order valence-electron chi connectivity index (χ4n) is 5.63. The Morgan fingerprint density at radius 3 is 2.69 bits per heavy atom. The van der Waals surface area contributed by atoms with Gasteiger partial charge in [0.15, 0.2) is 0 Å². The van der Waals surface area contributed by atoms with E-state index >= 15 is 0 Å². The van der Waals surface area contributed by atoms with Gasteiger partial charge in [-0.3, -0.25) is 9.69 Å². The molecule has 0 spiro atoms. The first-order chi connectivity index (χ1) is 17.0. The molecule has 1 aliphatic carbocycles. The second-order valence-electron chi connectivity index (χ2n) is 10.5. The number of morpholine rings is 1. The van der Waals surface area contributed by atoms with Crippen LogP contribution >= 0.6 is 0 Å². The highest BCUT2D eigenvalue weighted by Crippen LogP contribution is 2.28. The Morgan fingerprint density at radius 1 is 1.20 bits per heavy atom.